The second kappa shape index (κ2) is 5.47. The maximum absolute atomic E-state index is 12.9. The first-order valence-corrected chi connectivity index (χ1v) is 5.74. The van der Waals surface area contributed by atoms with Crippen molar-refractivity contribution < 1.29 is 9.18 Å². The predicted molar refractivity (Wildman–Crippen MR) is 63.0 cm³/mol. The first-order chi connectivity index (χ1) is 7.04. The van der Waals surface area contributed by atoms with Gasteiger partial charge in [0, 0.05) is 0 Å². The van der Waals surface area contributed by atoms with Gasteiger partial charge in [0.05, 0.1) is 15.5 Å². The topological polar surface area (TPSA) is 29.1 Å². The van der Waals surface area contributed by atoms with Gasteiger partial charge >= 0.3 is 0 Å². The number of amides is 1. The zero-order valence-corrected chi connectivity index (χ0v) is 10.4. The van der Waals surface area contributed by atoms with E-state index in [-0.39, 0.29) is 10.7 Å². The minimum Gasteiger partial charge on any atom is -0.324 e. The van der Waals surface area contributed by atoms with Crippen molar-refractivity contribution >= 4 is 39.1 Å². The lowest BCUT2D eigenvalue weighted by Crippen LogP contribution is -2.22. The van der Waals surface area contributed by atoms with Crippen LogP contribution in [-0.2, 0) is 4.79 Å². The summed E-state index contributed by atoms with van der Waals surface area (Å²) in [6.45, 7) is 1.87. The number of benzene rings is 1. The molecule has 2 nitrogen and oxygen atoms in total. The number of hydrogen-bond donors (Lipinski definition) is 1. The molecule has 1 rings (SSSR count). The molecule has 1 amide bonds. The fourth-order valence-corrected chi connectivity index (χ4v) is 1.27. The van der Waals surface area contributed by atoms with Gasteiger partial charge in [0.15, 0.2) is 0 Å². The SMILES string of the molecule is CCC(Br)C(=O)Nc1cc(F)ccc1Cl. The van der Waals surface area contributed by atoms with Gasteiger partial charge in [-0.25, -0.2) is 4.39 Å². The molecule has 5 heteroatoms. The van der Waals surface area contributed by atoms with Crippen molar-refractivity contribution in [2.45, 2.75) is 18.2 Å². The van der Waals surface area contributed by atoms with Crippen LogP contribution in [0.4, 0.5) is 10.1 Å². The van der Waals surface area contributed by atoms with Crippen LogP contribution in [0.5, 0.6) is 0 Å². The normalized spacial score (nSPS) is 12.3. The smallest absolute Gasteiger partial charge is 0.238 e. The van der Waals surface area contributed by atoms with E-state index in [9.17, 15) is 9.18 Å². The Balaban J connectivity index is 2.80. The predicted octanol–water partition coefficient (Wildman–Crippen LogP) is 3.59. The first kappa shape index (κ1) is 12.5. The van der Waals surface area contributed by atoms with Gasteiger partial charge < -0.3 is 5.32 Å². The van der Waals surface area contributed by atoms with Crippen molar-refractivity contribution in [1.29, 1.82) is 0 Å². The largest absolute Gasteiger partial charge is 0.324 e. The van der Waals surface area contributed by atoms with Crippen LogP contribution in [-0.4, -0.2) is 10.7 Å². The van der Waals surface area contributed by atoms with E-state index in [1.54, 1.807) is 0 Å². The minimum atomic E-state index is -0.433. The average molecular weight is 295 g/mol. The molecule has 0 fully saturated rings. The highest BCUT2D eigenvalue weighted by atomic mass is 79.9. The minimum absolute atomic E-state index is 0.231. The van der Waals surface area contributed by atoms with Crippen LogP contribution in [0.25, 0.3) is 0 Å². The van der Waals surface area contributed by atoms with E-state index in [4.69, 9.17) is 11.6 Å². The third kappa shape index (κ3) is 3.47. The highest BCUT2D eigenvalue weighted by molar-refractivity contribution is 9.10. The second-order valence-electron chi connectivity index (χ2n) is 2.99. The van der Waals surface area contributed by atoms with Gasteiger partial charge in [0.25, 0.3) is 0 Å². The van der Waals surface area contributed by atoms with Crippen molar-refractivity contribution in [1.82, 2.24) is 0 Å². The summed E-state index contributed by atoms with van der Waals surface area (Å²) in [6, 6.07) is 3.83. The van der Waals surface area contributed by atoms with Gasteiger partial charge in [-0.1, -0.05) is 34.5 Å². The van der Waals surface area contributed by atoms with Crippen molar-refractivity contribution in [2.75, 3.05) is 5.32 Å². The molecule has 1 aromatic rings. The van der Waals surface area contributed by atoms with E-state index in [0.717, 1.165) is 0 Å². The number of anilines is 1. The Hall–Kier alpha value is -0.610. The average Bonchev–Trinajstić information content (AvgIpc) is 2.22. The summed E-state index contributed by atoms with van der Waals surface area (Å²) in [5, 5.41) is 2.86. The molecular formula is C10H10BrClFNO. The van der Waals surface area contributed by atoms with E-state index in [1.165, 1.54) is 18.2 Å². The van der Waals surface area contributed by atoms with E-state index < -0.39 is 5.82 Å². The summed E-state index contributed by atoms with van der Waals surface area (Å²) in [5.74, 6) is -0.665. The number of carbonyl (C=O) groups is 1. The molecule has 0 spiro atoms. The van der Waals surface area contributed by atoms with Crippen molar-refractivity contribution in [3.05, 3.63) is 29.0 Å². The molecule has 15 heavy (non-hydrogen) atoms. The highest BCUT2D eigenvalue weighted by Crippen LogP contribution is 2.23. The summed E-state index contributed by atoms with van der Waals surface area (Å²) in [6.07, 6.45) is 0.652. The Morgan fingerprint density at radius 2 is 2.33 bits per heavy atom. The summed E-state index contributed by atoms with van der Waals surface area (Å²) in [5.41, 5.74) is 0.291. The van der Waals surface area contributed by atoms with Gasteiger partial charge in [0.2, 0.25) is 5.91 Å². The molecule has 0 saturated carbocycles. The summed E-state index contributed by atoms with van der Waals surface area (Å²) in [7, 11) is 0. The number of carbonyl (C=O) groups excluding carboxylic acids is 1. The Morgan fingerprint density at radius 1 is 1.67 bits per heavy atom. The molecular weight excluding hydrogens is 284 g/mol. The quantitative estimate of drug-likeness (QED) is 0.848. The van der Waals surface area contributed by atoms with Crippen molar-refractivity contribution in [2.24, 2.45) is 0 Å². The van der Waals surface area contributed by atoms with Crippen LogP contribution in [0.15, 0.2) is 18.2 Å². The van der Waals surface area contributed by atoms with Crippen molar-refractivity contribution in [3.63, 3.8) is 0 Å². The molecule has 0 aromatic heterocycles. The highest BCUT2D eigenvalue weighted by Gasteiger charge is 2.13. The Morgan fingerprint density at radius 3 is 2.93 bits per heavy atom. The molecule has 0 aliphatic carbocycles. The Labute approximate surface area is 101 Å². The molecule has 0 heterocycles. The molecule has 1 unspecified atom stereocenters. The Kier molecular flexibility index (Phi) is 4.54. The van der Waals surface area contributed by atoms with Crippen LogP contribution in [0.1, 0.15) is 13.3 Å². The molecule has 0 saturated heterocycles. The fraction of sp³-hybridized carbons (Fsp3) is 0.300. The number of rotatable bonds is 3. The maximum Gasteiger partial charge on any atom is 0.238 e. The summed E-state index contributed by atoms with van der Waals surface area (Å²) in [4.78, 5) is 11.2. The molecule has 82 valence electrons. The molecule has 1 aromatic carbocycles. The number of nitrogens with one attached hydrogen (secondary N) is 1. The van der Waals surface area contributed by atoms with Gasteiger partial charge in [-0.05, 0) is 24.6 Å². The van der Waals surface area contributed by atoms with Crippen LogP contribution >= 0.6 is 27.5 Å². The Bertz CT molecular complexity index is 372. The lowest BCUT2D eigenvalue weighted by molar-refractivity contribution is -0.115. The van der Waals surface area contributed by atoms with E-state index in [2.05, 4.69) is 21.2 Å². The zero-order valence-electron chi connectivity index (χ0n) is 8.06. The zero-order chi connectivity index (χ0) is 11.4. The lowest BCUT2D eigenvalue weighted by Gasteiger charge is -2.10. The number of alkyl halides is 1. The molecule has 0 bridgehead atoms. The van der Waals surface area contributed by atoms with Crippen LogP contribution in [0, 0.1) is 5.82 Å². The van der Waals surface area contributed by atoms with E-state index in [0.29, 0.717) is 17.1 Å². The maximum atomic E-state index is 12.9. The summed E-state index contributed by atoms with van der Waals surface area (Å²) >= 11 is 8.99. The molecule has 0 aliphatic rings. The second-order valence-corrected chi connectivity index (χ2v) is 4.50. The first-order valence-electron chi connectivity index (χ1n) is 4.44. The fourth-order valence-electron chi connectivity index (χ4n) is 0.990. The standard InChI is InChI=1S/C10H10BrClFNO/c1-2-7(11)10(15)14-9-5-6(13)3-4-8(9)12/h3-5,7H,2H2,1H3,(H,14,15). The number of hydrogen-bond acceptors (Lipinski definition) is 1. The van der Waals surface area contributed by atoms with Crippen LogP contribution in [0.3, 0.4) is 0 Å². The van der Waals surface area contributed by atoms with E-state index >= 15 is 0 Å². The van der Waals surface area contributed by atoms with Crippen LogP contribution in [0.2, 0.25) is 5.02 Å². The third-order valence-electron chi connectivity index (χ3n) is 1.83. The van der Waals surface area contributed by atoms with Crippen LogP contribution < -0.4 is 5.32 Å². The molecule has 0 radical (unpaired) electrons. The van der Waals surface area contributed by atoms with Gasteiger partial charge in [0.1, 0.15) is 5.82 Å². The third-order valence-corrected chi connectivity index (χ3v) is 3.22. The lowest BCUT2D eigenvalue weighted by atomic mass is 10.2. The molecule has 1 atom stereocenters. The number of halogens is 3. The van der Waals surface area contributed by atoms with E-state index in [1.807, 2.05) is 6.92 Å². The molecule has 1 N–H and O–H groups in total. The van der Waals surface area contributed by atoms with Gasteiger partial charge in [-0.3, -0.25) is 4.79 Å². The summed E-state index contributed by atoms with van der Waals surface area (Å²) < 4.78 is 12.9. The molecule has 0 aliphatic heterocycles. The monoisotopic (exact) mass is 293 g/mol. The van der Waals surface area contributed by atoms with Gasteiger partial charge in [-0.15, -0.1) is 0 Å². The van der Waals surface area contributed by atoms with Gasteiger partial charge in [-0.2, -0.15) is 0 Å². The van der Waals surface area contributed by atoms with Crippen molar-refractivity contribution in [3.8, 4) is 0 Å².